The first-order valence-corrected chi connectivity index (χ1v) is 9.62. The van der Waals surface area contributed by atoms with Gasteiger partial charge in [0.25, 0.3) is 0 Å². The maximum atomic E-state index is 12.2. The molecule has 0 aliphatic rings. The van der Waals surface area contributed by atoms with Crippen molar-refractivity contribution in [3.63, 3.8) is 0 Å². The smallest absolute Gasteiger partial charge is 0.207 e. The van der Waals surface area contributed by atoms with Crippen LogP contribution in [-0.2, 0) is 22.3 Å². The normalized spacial score (nSPS) is 12.7. The molecule has 0 unspecified atom stereocenters. The maximum absolute atomic E-state index is 12.2. The van der Waals surface area contributed by atoms with Crippen molar-refractivity contribution in [3.8, 4) is 9.88 Å². The van der Waals surface area contributed by atoms with Crippen LogP contribution in [0.4, 0.5) is 0 Å². The Balaban J connectivity index is 1.65. The van der Waals surface area contributed by atoms with Gasteiger partial charge >= 0.3 is 0 Å². The van der Waals surface area contributed by atoms with E-state index < -0.39 is 10.8 Å². The summed E-state index contributed by atoms with van der Waals surface area (Å²) in [5.74, 6) is 2.09. The van der Waals surface area contributed by atoms with Crippen molar-refractivity contribution >= 4 is 33.5 Å². The fraction of sp³-hybridized carbons (Fsp3) is 0.286. The average molecular weight is 338 g/mol. The lowest BCUT2D eigenvalue weighted by Crippen LogP contribution is -2.00. The minimum atomic E-state index is -1.06. The van der Waals surface area contributed by atoms with Crippen LogP contribution in [0.25, 0.3) is 9.88 Å². The van der Waals surface area contributed by atoms with Crippen LogP contribution >= 0.6 is 22.7 Å². The number of rotatable bonds is 5. The van der Waals surface area contributed by atoms with E-state index in [0.717, 1.165) is 27.0 Å². The molecule has 7 heteroatoms. The highest BCUT2D eigenvalue weighted by Crippen LogP contribution is 2.28. The van der Waals surface area contributed by atoms with Crippen LogP contribution in [0.15, 0.2) is 27.3 Å². The lowest BCUT2D eigenvalue weighted by molar-refractivity contribution is 0.487. The van der Waals surface area contributed by atoms with Crippen LogP contribution in [-0.4, -0.2) is 14.2 Å². The SMILES string of the molecule is Cc1nc(C[S@@](=O)Cc2csc(-c3cccs3)n2)oc1C. The van der Waals surface area contributed by atoms with Crippen molar-refractivity contribution < 1.29 is 8.63 Å². The van der Waals surface area contributed by atoms with Gasteiger partial charge in [0, 0.05) is 16.2 Å². The molecule has 110 valence electrons. The molecule has 1 atom stereocenters. The van der Waals surface area contributed by atoms with Gasteiger partial charge in [-0.15, -0.1) is 22.7 Å². The quantitative estimate of drug-likeness (QED) is 0.707. The second-order valence-corrected chi connectivity index (χ2v) is 7.86. The molecule has 0 aliphatic carbocycles. The van der Waals surface area contributed by atoms with E-state index in [2.05, 4.69) is 9.97 Å². The lowest BCUT2D eigenvalue weighted by atomic mass is 10.4. The van der Waals surface area contributed by atoms with Crippen molar-refractivity contribution in [2.75, 3.05) is 0 Å². The van der Waals surface area contributed by atoms with Crippen molar-refractivity contribution in [3.05, 3.63) is 45.9 Å². The lowest BCUT2D eigenvalue weighted by Gasteiger charge is -1.96. The number of thiophene rings is 1. The molecule has 3 heterocycles. The monoisotopic (exact) mass is 338 g/mol. The predicted molar refractivity (Wildman–Crippen MR) is 87.0 cm³/mol. The third-order valence-electron chi connectivity index (χ3n) is 2.95. The van der Waals surface area contributed by atoms with Crippen LogP contribution in [0.1, 0.15) is 23.0 Å². The van der Waals surface area contributed by atoms with Crippen LogP contribution in [0.5, 0.6) is 0 Å². The van der Waals surface area contributed by atoms with Gasteiger partial charge in [-0.1, -0.05) is 6.07 Å². The summed E-state index contributed by atoms with van der Waals surface area (Å²) in [6.45, 7) is 3.75. The van der Waals surface area contributed by atoms with Crippen molar-refractivity contribution in [2.24, 2.45) is 0 Å². The second kappa shape index (κ2) is 6.21. The highest BCUT2D eigenvalue weighted by molar-refractivity contribution is 7.83. The van der Waals surface area contributed by atoms with E-state index in [1.54, 1.807) is 22.7 Å². The highest BCUT2D eigenvalue weighted by Gasteiger charge is 2.12. The van der Waals surface area contributed by atoms with E-state index >= 15 is 0 Å². The first-order chi connectivity index (χ1) is 10.1. The molecular weight excluding hydrogens is 324 g/mol. The molecule has 0 aromatic carbocycles. The molecule has 4 nitrogen and oxygen atoms in total. The zero-order chi connectivity index (χ0) is 14.8. The number of oxazole rings is 1. The number of aryl methyl sites for hydroxylation is 2. The number of aromatic nitrogens is 2. The fourth-order valence-corrected chi connectivity index (χ4v) is 4.56. The molecule has 21 heavy (non-hydrogen) atoms. The molecular formula is C14H14N2O2S3. The molecule has 0 radical (unpaired) electrons. The Labute approximate surface area is 133 Å². The number of hydrogen-bond acceptors (Lipinski definition) is 6. The number of thiazole rings is 1. The van der Waals surface area contributed by atoms with Crippen LogP contribution in [0.2, 0.25) is 0 Å². The van der Waals surface area contributed by atoms with Gasteiger partial charge in [-0.05, 0) is 25.3 Å². The minimum absolute atomic E-state index is 0.334. The van der Waals surface area contributed by atoms with Gasteiger partial charge in [0.15, 0.2) is 0 Å². The van der Waals surface area contributed by atoms with E-state index in [0.29, 0.717) is 17.4 Å². The van der Waals surface area contributed by atoms with E-state index in [9.17, 15) is 4.21 Å². The summed E-state index contributed by atoms with van der Waals surface area (Å²) in [4.78, 5) is 9.95. The molecule has 0 N–H and O–H groups in total. The van der Waals surface area contributed by atoms with Crippen LogP contribution < -0.4 is 0 Å². The molecule has 3 aromatic rings. The van der Waals surface area contributed by atoms with Crippen molar-refractivity contribution in [2.45, 2.75) is 25.4 Å². The first-order valence-electron chi connectivity index (χ1n) is 6.38. The van der Waals surface area contributed by atoms with Gasteiger partial charge in [-0.25, -0.2) is 9.97 Å². The largest absolute Gasteiger partial charge is 0.445 e. The summed E-state index contributed by atoms with van der Waals surface area (Å²) in [5, 5.41) is 4.99. The second-order valence-electron chi connectivity index (χ2n) is 4.60. The van der Waals surface area contributed by atoms with E-state index in [-0.39, 0.29) is 0 Å². The Morgan fingerprint density at radius 1 is 1.24 bits per heavy atom. The Hall–Kier alpha value is -1.31. The summed E-state index contributed by atoms with van der Waals surface area (Å²) >= 11 is 3.25. The van der Waals surface area contributed by atoms with E-state index in [4.69, 9.17) is 4.42 Å². The van der Waals surface area contributed by atoms with Crippen LogP contribution in [0, 0.1) is 13.8 Å². The van der Waals surface area contributed by atoms with E-state index in [1.165, 1.54) is 0 Å². The number of nitrogens with zero attached hydrogens (tertiary/aromatic N) is 2. The highest BCUT2D eigenvalue weighted by atomic mass is 32.2. The third-order valence-corrected chi connectivity index (χ3v) is 6.07. The van der Waals surface area contributed by atoms with Gasteiger partial charge < -0.3 is 4.42 Å². The number of hydrogen-bond donors (Lipinski definition) is 0. The van der Waals surface area contributed by atoms with Gasteiger partial charge in [0.2, 0.25) is 5.89 Å². The maximum Gasteiger partial charge on any atom is 0.207 e. The molecule has 0 saturated carbocycles. The minimum Gasteiger partial charge on any atom is -0.445 e. The summed E-state index contributed by atoms with van der Waals surface area (Å²) in [5.41, 5.74) is 1.72. The Bertz CT molecular complexity index is 740. The van der Waals surface area contributed by atoms with Gasteiger partial charge in [-0.3, -0.25) is 4.21 Å². The molecule has 3 rings (SSSR count). The summed E-state index contributed by atoms with van der Waals surface area (Å²) in [6, 6.07) is 4.05. The standard InChI is InChI=1S/C14H14N2O2S3/c1-9-10(2)18-13(15-9)8-21(17)7-11-6-20-14(16-11)12-4-3-5-19-12/h3-6H,7-8H2,1-2H3/t21-/m0/s1. The van der Waals surface area contributed by atoms with Crippen LogP contribution in [0.3, 0.4) is 0 Å². The molecule has 0 aliphatic heterocycles. The summed E-state index contributed by atoms with van der Waals surface area (Å²) < 4.78 is 17.6. The summed E-state index contributed by atoms with van der Waals surface area (Å²) in [7, 11) is -1.06. The van der Waals surface area contributed by atoms with Crippen molar-refractivity contribution in [1.82, 2.24) is 9.97 Å². The third kappa shape index (κ3) is 3.48. The van der Waals surface area contributed by atoms with Gasteiger partial charge in [-0.2, -0.15) is 0 Å². The predicted octanol–water partition coefficient (Wildman–Crippen LogP) is 3.93. The van der Waals surface area contributed by atoms with Gasteiger partial charge in [0.1, 0.15) is 16.5 Å². The average Bonchev–Trinajstić information content (AvgIpc) is 3.12. The molecule has 0 fully saturated rings. The topological polar surface area (TPSA) is 56.0 Å². The Morgan fingerprint density at radius 3 is 2.76 bits per heavy atom. The zero-order valence-electron chi connectivity index (χ0n) is 11.7. The fourth-order valence-electron chi connectivity index (χ4n) is 1.84. The van der Waals surface area contributed by atoms with E-state index in [1.807, 2.05) is 36.7 Å². The zero-order valence-corrected chi connectivity index (χ0v) is 14.1. The Kier molecular flexibility index (Phi) is 4.32. The molecule has 0 amide bonds. The molecule has 0 spiro atoms. The Morgan fingerprint density at radius 2 is 2.10 bits per heavy atom. The first kappa shape index (κ1) is 14.6. The molecule has 3 aromatic heterocycles. The molecule has 0 saturated heterocycles. The molecule has 0 bridgehead atoms. The van der Waals surface area contributed by atoms with Gasteiger partial charge in [0.05, 0.1) is 22.0 Å². The van der Waals surface area contributed by atoms with Crippen molar-refractivity contribution in [1.29, 1.82) is 0 Å². The summed E-state index contributed by atoms with van der Waals surface area (Å²) in [6.07, 6.45) is 0.